The summed E-state index contributed by atoms with van der Waals surface area (Å²) in [6, 6.07) is 13.1. The van der Waals surface area contributed by atoms with Gasteiger partial charge in [0.25, 0.3) is 0 Å². The Bertz CT molecular complexity index is 849. The fourth-order valence-corrected chi connectivity index (χ4v) is 3.85. The molecule has 1 atom stereocenters. The molecule has 5 heteroatoms. The van der Waals surface area contributed by atoms with Gasteiger partial charge in [-0.25, -0.2) is 9.18 Å². The van der Waals surface area contributed by atoms with E-state index in [0.717, 1.165) is 36.9 Å². The second-order valence-corrected chi connectivity index (χ2v) is 7.01. The van der Waals surface area contributed by atoms with Gasteiger partial charge in [-0.3, -0.25) is 4.90 Å². The number of carbonyl (C=O) groups is 1. The smallest absolute Gasteiger partial charge is 0.330 e. The highest BCUT2D eigenvalue weighted by molar-refractivity contribution is 5.86. The fraction of sp³-hybridized carbons (Fsp3) is 0.348. The van der Waals surface area contributed by atoms with Crippen molar-refractivity contribution in [2.45, 2.75) is 25.3 Å². The molecule has 0 radical (unpaired) electrons. The van der Waals surface area contributed by atoms with Crippen LogP contribution in [0.3, 0.4) is 0 Å². The molecule has 0 saturated heterocycles. The number of rotatable bonds is 8. The van der Waals surface area contributed by atoms with Crippen LogP contribution >= 0.6 is 0 Å². The molecule has 0 saturated carbocycles. The third kappa shape index (κ3) is 5.06. The van der Waals surface area contributed by atoms with Crippen LogP contribution in [0.5, 0.6) is 0 Å². The van der Waals surface area contributed by atoms with Gasteiger partial charge in [-0.1, -0.05) is 30.3 Å². The molecule has 28 heavy (non-hydrogen) atoms. The van der Waals surface area contributed by atoms with Crippen LogP contribution in [0.15, 0.2) is 48.5 Å². The Balaban J connectivity index is 1.72. The summed E-state index contributed by atoms with van der Waals surface area (Å²) >= 11 is 0. The van der Waals surface area contributed by atoms with Crippen LogP contribution in [0.2, 0.25) is 0 Å². The van der Waals surface area contributed by atoms with E-state index in [1.807, 2.05) is 12.1 Å². The predicted octanol–water partition coefficient (Wildman–Crippen LogP) is 3.54. The average Bonchev–Trinajstić information content (AvgIpc) is 3.12. The summed E-state index contributed by atoms with van der Waals surface area (Å²) in [6.07, 6.45) is 5.87. The zero-order valence-electron chi connectivity index (χ0n) is 16.1. The van der Waals surface area contributed by atoms with Crippen LogP contribution in [0, 0.1) is 5.82 Å². The highest BCUT2D eigenvalue weighted by Gasteiger charge is 2.27. The van der Waals surface area contributed by atoms with Gasteiger partial charge in [-0.2, -0.15) is 0 Å². The Morgan fingerprint density at radius 3 is 2.89 bits per heavy atom. The molecule has 1 aliphatic rings. The number of nitrogens with zero attached hydrogens (tertiary/aromatic N) is 1. The van der Waals surface area contributed by atoms with Crippen LogP contribution in [0.25, 0.3) is 6.08 Å². The van der Waals surface area contributed by atoms with E-state index in [9.17, 15) is 14.3 Å². The van der Waals surface area contributed by atoms with Crippen molar-refractivity contribution in [2.24, 2.45) is 0 Å². The maximum atomic E-state index is 13.4. The van der Waals surface area contributed by atoms with Crippen molar-refractivity contribution in [1.82, 2.24) is 4.90 Å². The first-order valence-corrected chi connectivity index (χ1v) is 9.59. The van der Waals surface area contributed by atoms with Crippen LogP contribution in [0.1, 0.15) is 34.7 Å². The van der Waals surface area contributed by atoms with Gasteiger partial charge in [0.1, 0.15) is 5.82 Å². The second-order valence-electron chi connectivity index (χ2n) is 7.01. The zero-order chi connectivity index (χ0) is 19.9. The van der Waals surface area contributed by atoms with Crippen LogP contribution in [0.4, 0.5) is 4.39 Å². The topological polar surface area (TPSA) is 49.8 Å². The quantitative estimate of drug-likeness (QED) is 0.560. The molecule has 4 nitrogen and oxygen atoms in total. The third-order valence-corrected chi connectivity index (χ3v) is 5.23. The zero-order valence-corrected chi connectivity index (χ0v) is 16.1. The van der Waals surface area contributed by atoms with Crippen LogP contribution in [-0.4, -0.2) is 42.8 Å². The number of esters is 1. The maximum absolute atomic E-state index is 13.4. The summed E-state index contributed by atoms with van der Waals surface area (Å²) in [7, 11) is 1.36. The summed E-state index contributed by atoms with van der Waals surface area (Å²) in [6.45, 7) is 1.44. The lowest BCUT2D eigenvalue weighted by Crippen LogP contribution is -2.32. The Hall–Kier alpha value is -2.50. The lowest BCUT2D eigenvalue weighted by Gasteiger charge is -2.29. The van der Waals surface area contributed by atoms with Gasteiger partial charge in [-0.05, 0) is 59.7 Å². The molecule has 3 rings (SSSR count). The first-order chi connectivity index (χ1) is 13.6. The lowest BCUT2D eigenvalue weighted by atomic mass is 10.0. The second kappa shape index (κ2) is 9.62. The van der Waals surface area contributed by atoms with E-state index in [1.54, 1.807) is 18.2 Å². The van der Waals surface area contributed by atoms with Crippen molar-refractivity contribution >= 4 is 12.0 Å². The van der Waals surface area contributed by atoms with Crippen molar-refractivity contribution in [3.05, 3.63) is 76.6 Å². The molecule has 0 fully saturated rings. The van der Waals surface area contributed by atoms with Crippen molar-refractivity contribution in [1.29, 1.82) is 0 Å². The molecule has 0 bridgehead atoms. The molecule has 0 aliphatic heterocycles. The van der Waals surface area contributed by atoms with Gasteiger partial charge in [-0.15, -0.1) is 0 Å². The van der Waals surface area contributed by atoms with Crippen molar-refractivity contribution < 1.29 is 19.0 Å². The molecule has 1 aliphatic carbocycles. The average molecular weight is 383 g/mol. The van der Waals surface area contributed by atoms with Gasteiger partial charge < -0.3 is 9.84 Å². The maximum Gasteiger partial charge on any atom is 0.330 e. The van der Waals surface area contributed by atoms with Gasteiger partial charge in [0.15, 0.2) is 0 Å². The van der Waals surface area contributed by atoms with E-state index in [-0.39, 0.29) is 24.4 Å². The van der Waals surface area contributed by atoms with E-state index in [2.05, 4.69) is 21.8 Å². The number of aliphatic hydroxyl groups is 1. The van der Waals surface area contributed by atoms with Gasteiger partial charge in [0.2, 0.25) is 0 Å². The first kappa shape index (κ1) is 20.2. The van der Waals surface area contributed by atoms with Crippen LogP contribution in [-0.2, 0) is 22.4 Å². The predicted molar refractivity (Wildman–Crippen MR) is 107 cm³/mol. The van der Waals surface area contributed by atoms with E-state index in [1.165, 1.54) is 30.4 Å². The number of ether oxygens (including phenoxy) is 1. The molecular weight excluding hydrogens is 357 g/mol. The Morgan fingerprint density at radius 1 is 1.29 bits per heavy atom. The number of aryl methyl sites for hydroxylation is 1. The third-order valence-electron chi connectivity index (χ3n) is 5.23. The van der Waals surface area contributed by atoms with Crippen molar-refractivity contribution in [3.8, 4) is 0 Å². The van der Waals surface area contributed by atoms with Gasteiger partial charge >= 0.3 is 5.97 Å². The number of carbonyl (C=O) groups excluding carboxylic acids is 1. The number of methoxy groups -OCH3 is 1. The minimum atomic E-state index is -0.371. The molecule has 148 valence electrons. The lowest BCUT2D eigenvalue weighted by molar-refractivity contribution is -0.134. The number of fused-ring (bicyclic) bond motifs is 1. The number of aliphatic hydroxyl groups excluding tert-OH is 1. The SMILES string of the molecule is COC(=O)/C=C/c1ccc2c(c1)CCC2N(CCO)CCc1cccc(F)c1. The normalized spacial score (nSPS) is 15.9. The molecular formula is C23H26FNO3. The number of benzene rings is 2. The summed E-state index contributed by atoms with van der Waals surface area (Å²) in [5, 5.41) is 9.52. The number of hydrogen-bond acceptors (Lipinski definition) is 4. The van der Waals surface area contributed by atoms with E-state index >= 15 is 0 Å². The Labute approximate surface area is 165 Å². The molecule has 1 unspecified atom stereocenters. The molecule has 1 N–H and O–H groups in total. The van der Waals surface area contributed by atoms with Gasteiger partial charge in [0.05, 0.1) is 13.7 Å². The van der Waals surface area contributed by atoms with Crippen molar-refractivity contribution in [2.75, 3.05) is 26.8 Å². The molecule has 2 aromatic carbocycles. The summed E-state index contributed by atoms with van der Waals surface area (Å²) < 4.78 is 18.1. The Morgan fingerprint density at radius 2 is 2.14 bits per heavy atom. The molecule has 0 spiro atoms. The molecule has 0 heterocycles. The Kier molecular flexibility index (Phi) is 6.95. The summed E-state index contributed by atoms with van der Waals surface area (Å²) in [4.78, 5) is 13.6. The van der Waals surface area contributed by atoms with E-state index < -0.39 is 0 Å². The van der Waals surface area contributed by atoms with Crippen LogP contribution < -0.4 is 0 Å². The summed E-state index contributed by atoms with van der Waals surface area (Å²) in [5.74, 6) is -0.588. The minimum Gasteiger partial charge on any atom is -0.466 e. The molecule has 0 amide bonds. The standard InChI is InChI=1S/C23H26FNO3/c1-28-23(27)10-6-18-5-8-21-19(15-18)7-9-22(21)25(13-14-26)12-11-17-3-2-4-20(24)16-17/h2-6,8,10,15-16,22,26H,7,9,11-14H2,1H3/b10-6+. The summed E-state index contributed by atoms with van der Waals surface area (Å²) in [5.41, 5.74) is 4.47. The highest BCUT2D eigenvalue weighted by Crippen LogP contribution is 2.36. The van der Waals surface area contributed by atoms with E-state index in [0.29, 0.717) is 6.54 Å². The largest absolute Gasteiger partial charge is 0.466 e. The van der Waals surface area contributed by atoms with Crippen molar-refractivity contribution in [3.63, 3.8) is 0 Å². The minimum absolute atomic E-state index is 0.0922. The monoisotopic (exact) mass is 383 g/mol. The fourth-order valence-electron chi connectivity index (χ4n) is 3.85. The van der Waals surface area contributed by atoms with E-state index in [4.69, 9.17) is 0 Å². The number of hydrogen-bond donors (Lipinski definition) is 1. The molecule has 0 aromatic heterocycles. The first-order valence-electron chi connectivity index (χ1n) is 9.59. The molecule has 2 aromatic rings. The highest BCUT2D eigenvalue weighted by atomic mass is 19.1. The van der Waals surface area contributed by atoms with Gasteiger partial charge in [0, 0.05) is 25.2 Å². The number of halogens is 1.